The normalized spacial score (nSPS) is 14.4. The van der Waals surface area contributed by atoms with Gasteiger partial charge in [0.25, 0.3) is 6.10 Å². The van der Waals surface area contributed by atoms with E-state index in [0.717, 1.165) is 18.1 Å². The van der Waals surface area contributed by atoms with Gasteiger partial charge in [-0.3, -0.25) is 0 Å². The zero-order valence-corrected chi connectivity index (χ0v) is 15.9. The van der Waals surface area contributed by atoms with Crippen molar-refractivity contribution in [3.8, 4) is 5.75 Å². The zero-order chi connectivity index (χ0) is 19.9. The molecule has 0 amide bonds. The van der Waals surface area contributed by atoms with Crippen LogP contribution in [0.3, 0.4) is 0 Å². The van der Waals surface area contributed by atoms with Crippen LogP contribution >= 0.6 is 11.8 Å². The summed E-state index contributed by atoms with van der Waals surface area (Å²) in [6.45, 7) is 0. The number of carbonyl (C=O) groups is 1. The van der Waals surface area contributed by atoms with Crippen LogP contribution < -0.4 is 5.63 Å². The number of benzene rings is 1. The van der Waals surface area contributed by atoms with E-state index in [1.807, 2.05) is 36.4 Å². The van der Waals surface area contributed by atoms with Crippen molar-refractivity contribution >= 4 is 17.7 Å². The number of thioether (sulfide) groups is 1. The van der Waals surface area contributed by atoms with Gasteiger partial charge in [0.15, 0.2) is 5.76 Å². The lowest BCUT2D eigenvalue weighted by Crippen LogP contribution is -2.18. The third-order valence-electron chi connectivity index (χ3n) is 4.12. The molecule has 146 valence electrons. The van der Waals surface area contributed by atoms with Crippen molar-refractivity contribution < 1.29 is 24.2 Å². The molecule has 0 aliphatic heterocycles. The van der Waals surface area contributed by atoms with E-state index in [0.29, 0.717) is 24.4 Å². The molecule has 0 spiro atoms. The molecule has 1 heterocycles. The number of aryl methyl sites for hydroxylation is 1. The molecule has 0 saturated heterocycles. The van der Waals surface area contributed by atoms with E-state index in [1.54, 1.807) is 12.2 Å². The van der Waals surface area contributed by atoms with Crippen LogP contribution in [0.4, 0.5) is 0 Å². The van der Waals surface area contributed by atoms with Crippen LogP contribution in [0.15, 0.2) is 74.5 Å². The molecule has 1 unspecified atom stereocenters. The largest absolute Gasteiger partial charge is 0.506 e. The molecule has 7 heteroatoms. The van der Waals surface area contributed by atoms with Gasteiger partial charge in [-0.15, -0.1) is 11.8 Å². The number of carboxylic acid groups (broad SMARTS) is 1. The second-order valence-corrected chi connectivity index (χ2v) is 7.28. The first-order chi connectivity index (χ1) is 13.5. The molecule has 2 aromatic rings. The highest BCUT2D eigenvalue weighted by atomic mass is 32.2. The predicted molar refractivity (Wildman–Crippen MR) is 105 cm³/mol. The van der Waals surface area contributed by atoms with Crippen molar-refractivity contribution in [2.75, 3.05) is 5.75 Å². The summed E-state index contributed by atoms with van der Waals surface area (Å²) in [5.41, 5.74) is 0.338. The average molecular weight is 400 g/mol. The molecule has 0 saturated carbocycles. The molecule has 3 rings (SSSR count). The highest BCUT2D eigenvalue weighted by Gasteiger charge is 2.28. The Morgan fingerprint density at radius 2 is 2.07 bits per heavy atom. The summed E-state index contributed by atoms with van der Waals surface area (Å²) in [5, 5.41) is 19.7. The second kappa shape index (κ2) is 9.32. The SMILES string of the molecule is O=C(O)C(OC1=CC=CCC1)c1cc(O)c(SCCc2ccccc2)c(=O)o1. The lowest BCUT2D eigenvalue weighted by atomic mass is 10.1. The lowest BCUT2D eigenvalue weighted by molar-refractivity contribution is -0.149. The molecule has 1 atom stereocenters. The van der Waals surface area contributed by atoms with E-state index < -0.39 is 17.7 Å². The van der Waals surface area contributed by atoms with Crippen LogP contribution in [-0.4, -0.2) is 21.9 Å². The predicted octanol–water partition coefficient (Wildman–Crippen LogP) is 4.06. The number of ether oxygens (including phenoxy) is 1. The summed E-state index contributed by atoms with van der Waals surface area (Å²) in [7, 11) is 0. The summed E-state index contributed by atoms with van der Waals surface area (Å²) < 4.78 is 10.7. The average Bonchev–Trinajstić information content (AvgIpc) is 2.69. The molecule has 6 nitrogen and oxygen atoms in total. The lowest BCUT2D eigenvalue weighted by Gasteiger charge is -2.18. The Morgan fingerprint density at radius 1 is 1.29 bits per heavy atom. The maximum absolute atomic E-state index is 12.3. The molecule has 0 fully saturated rings. The van der Waals surface area contributed by atoms with Crippen LogP contribution in [0, 0.1) is 0 Å². The van der Waals surface area contributed by atoms with Gasteiger partial charge in [-0.1, -0.05) is 42.5 Å². The van der Waals surface area contributed by atoms with Crippen molar-refractivity contribution in [2.45, 2.75) is 30.3 Å². The van der Waals surface area contributed by atoms with E-state index in [2.05, 4.69) is 0 Å². The minimum absolute atomic E-state index is 0.0589. The smallest absolute Gasteiger partial charge is 0.353 e. The topological polar surface area (TPSA) is 97.0 Å². The number of aliphatic carboxylic acids is 1. The van der Waals surface area contributed by atoms with Gasteiger partial charge in [-0.25, -0.2) is 9.59 Å². The number of hydrogen-bond donors (Lipinski definition) is 2. The minimum Gasteiger partial charge on any atom is -0.506 e. The molecule has 1 aliphatic carbocycles. The third kappa shape index (κ3) is 5.07. The van der Waals surface area contributed by atoms with Gasteiger partial charge in [0.1, 0.15) is 10.6 Å². The summed E-state index contributed by atoms with van der Waals surface area (Å²) in [6, 6.07) is 10.9. The zero-order valence-electron chi connectivity index (χ0n) is 15.0. The summed E-state index contributed by atoms with van der Waals surface area (Å²) in [5.74, 6) is -0.796. The molecule has 2 N–H and O–H groups in total. The Bertz CT molecular complexity index is 945. The molecule has 1 aromatic heterocycles. The van der Waals surface area contributed by atoms with Crippen LogP contribution in [0.25, 0.3) is 0 Å². The van der Waals surface area contributed by atoms with Gasteiger partial charge in [-0.2, -0.15) is 0 Å². The summed E-state index contributed by atoms with van der Waals surface area (Å²) >= 11 is 1.17. The van der Waals surface area contributed by atoms with Crippen molar-refractivity contribution in [3.05, 3.63) is 82.1 Å². The van der Waals surface area contributed by atoms with Gasteiger partial charge >= 0.3 is 11.6 Å². The van der Waals surface area contributed by atoms with Gasteiger partial charge in [0.05, 0.1) is 5.76 Å². The van der Waals surface area contributed by atoms with E-state index in [4.69, 9.17) is 9.15 Å². The van der Waals surface area contributed by atoms with Crippen LogP contribution in [-0.2, 0) is 16.0 Å². The number of carboxylic acids is 1. The van der Waals surface area contributed by atoms with Crippen molar-refractivity contribution in [3.63, 3.8) is 0 Å². The quantitative estimate of drug-likeness (QED) is 0.645. The Labute approximate surface area is 166 Å². The van der Waals surface area contributed by atoms with E-state index in [-0.39, 0.29) is 16.4 Å². The van der Waals surface area contributed by atoms with Crippen molar-refractivity contribution in [1.29, 1.82) is 0 Å². The van der Waals surface area contributed by atoms with Gasteiger partial charge in [-0.05, 0) is 24.5 Å². The van der Waals surface area contributed by atoms with Crippen molar-refractivity contribution in [2.24, 2.45) is 0 Å². The Morgan fingerprint density at radius 3 is 2.71 bits per heavy atom. The highest BCUT2D eigenvalue weighted by Crippen LogP contribution is 2.31. The fourth-order valence-corrected chi connectivity index (χ4v) is 3.63. The van der Waals surface area contributed by atoms with Crippen LogP contribution in [0.2, 0.25) is 0 Å². The number of hydrogen-bond acceptors (Lipinski definition) is 6. The van der Waals surface area contributed by atoms with Gasteiger partial charge in [0.2, 0.25) is 0 Å². The molecule has 28 heavy (non-hydrogen) atoms. The summed E-state index contributed by atoms with van der Waals surface area (Å²) in [6.07, 6.45) is 5.90. The standard InChI is InChI=1S/C21H20O6S/c22-16-13-17(18(20(23)24)26-15-9-5-2-6-10-15)27-21(25)19(16)28-12-11-14-7-3-1-4-8-14/h1-5,7-9,13,18,22H,6,10-12H2,(H,23,24). The van der Waals surface area contributed by atoms with Crippen molar-refractivity contribution in [1.82, 2.24) is 0 Å². The number of aromatic hydroxyl groups is 1. The molecular formula is C21H20O6S. The van der Waals surface area contributed by atoms with E-state index in [9.17, 15) is 19.8 Å². The van der Waals surface area contributed by atoms with Gasteiger partial charge in [0, 0.05) is 18.2 Å². The fourth-order valence-electron chi connectivity index (χ4n) is 2.73. The monoisotopic (exact) mass is 400 g/mol. The second-order valence-electron chi connectivity index (χ2n) is 6.17. The van der Waals surface area contributed by atoms with Gasteiger partial charge < -0.3 is 19.4 Å². The Hall–Kier alpha value is -2.93. The maximum Gasteiger partial charge on any atom is 0.353 e. The first-order valence-corrected chi connectivity index (χ1v) is 9.82. The van der Waals surface area contributed by atoms with Crippen LogP contribution in [0.1, 0.15) is 30.3 Å². The number of rotatable bonds is 8. The minimum atomic E-state index is -1.50. The Kier molecular flexibility index (Phi) is 6.60. The van der Waals surface area contributed by atoms with E-state index >= 15 is 0 Å². The van der Waals surface area contributed by atoms with E-state index in [1.165, 1.54) is 11.8 Å². The first kappa shape index (κ1) is 19.8. The fraction of sp³-hybridized carbons (Fsp3) is 0.238. The number of allylic oxidation sites excluding steroid dienone is 4. The highest BCUT2D eigenvalue weighted by molar-refractivity contribution is 7.99. The first-order valence-electron chi connectivity index (χ1n) is 8.83. The maximum atomic E-state index is 12.3. The molecule has 1 aliphatic rings. The molecular weight excluding hydrogens is 380 g/mol. The molecule has 1 aromatic carbocycles. The third-order valence-corrected chi connectivity index (χ3v) is 5.19. The summed E-state index contributed by atoms with van der Waals surface area (Å²) in [4.78, 5) is 24.0. The molecule has 0 radical (unpaired) electrons. The Balaban J connectivity index is 1.73. The van der Waals surface area contributed by atoms with Crippen LogP contribution in [0.5, 0.6) is 5.75 Å². The molecule has 0 bridgehead atoms.